The second-order valence-corrected chi connectivity index (χ2v) is 5.78. The van der Waals surface area contributed by atoms with E-state index >= 15 is 0 Å². The molecule has 1 aromatic rings. The molecule has 0 bridgehead atoms. The monoisotopic (exact) mass is 322 g/mol. The predicted molar refractivity (Wildman–Crippen MR) is 69.9 cm³/mol. The first-order valence-corrected chi connectivity index (χ1v) is 6.74. The highest BCUT2D eigenvalue weighted by molar-refractivity contribution is 9.10. The van der Waals surface area contributed by atoms with E-state index in [1.165, 1.54) is 0 Å². The number of hydrogen-bond acceptors (Lipinski definition) is 3. The number of carbonyl (C=O) groups is 3. The summed E-state index contributed by atoms with van der Waals surface area (Å²) in [5, 5.41) is 2.26. The van der Waals surface area contributed by atoms with E-state index < -0.39 is 17.4 Å². The molecule has 19 heavy (non-hydrogen) atoms. The fraction of sp³-hybridized carbons (Fsp3) is 0.308. The summed E-state index contributed by atoms with van der Waals surface area (Å²) < 4.78 is 0.882. The molecule has 6 heteroatoms. The molecule has 1 spiro atoms. The smallest absolute Gasteiger partial charge is 0.277 e. The number of urea groups is 1. The van der Waals surface area contributed by atoms with Crippen molar-refractivity contribution in [2.75, 3.05) is 0 Å². The van der Waals surface area contributed by atoms with Gasteiger partial charge in [-0.2, -0.15) is 0 Å². The Morgan fingerprint density at radius 3 is 2.63 bits per heavy atom. The largest absolute Gasteiger partial charge is 0.331 e. The number of nitrogens with zero attached hydrogens (tertiary/aromatic N) is 1. The van der Waals surface area contributed by atoms with Gasteiger partial charge in [0.25, 0.3) is 0 Å². The van der Waals surface area contributed by atoms with Gasteiger partial charge < -0.3 is 0 Å². The van der Waals surface area contributed by atoms with Gasteiger partial charge in [-0.05, 0) is 30.5 Å². The van der Waals surface area contributed by atoms with Crippen LogP contribution in [-0.4, -0.2) is 22.7 Å². The maximum Gasteiger partial charge on any atom is 0.331 e. The van der Waals surface area contributed by atoms with Gasteiger partial charge in [-0.25, -0.2) is 4.79 Å². The van der Waals surface area contributed by atoms with E-state index in [1.807, 2.05) is 24.3 Å². The Hall–Kier alpha value is -1.69. The highest BCUT2D eigenvalue weighted by Crippen LogP contribution is 2.49. The van der Waals surface area contributed by atoms with E-state index in [9.17, 15) is 14.4 Å². The average Bonchev–Trinajstić information content (AvgIpc) is 3.15. The van der Waals surface area contributed by atoms with E-state index in [2.05, 4.69) is 21.2 Å². The normalized spacial score (nSPS) is 20.7. The minimum absolute atomic E-state index is 0.180. The fourth-order valence-corrected chi connectivity index (χ4v) is 2.71. The summed E-state index contributed by atoms with van der Waals surface area (Å²) in [5.41, 5.74) is -0.136. The number of halogens is 1. The first kappa shape index (κ1) is 12.3. The molecule has 1 aliphatic heterocycles. The van der Waals surface area contributed by atoms with Crippen LogP contribution in [0.2, 0.25) is 0 Å². The topological polar surface area (TPSA) is 66.5 Å². The zero-order valence-electron chi connectivity index (χ0n) is 9.98. The van der Waals surface area contributed by atoms with Crippen molar-refractivity contribution in [2.45, 2.75) is 19.4 Å². The van der Waals surface area contributed by atoms with Crippen molar-refractivity contribution in [3.63, 3.8) is 0 Å². The molecule has 3 rings (SSSR count). The van der Waals surface area contributed by atoms with Crippen LogP contribution in [0.1, 0.15) is 18.4 Å². The Morgan fingerprint density at radius 2 is 2.00 bits per heavy atom. The molecule has 0 aromatic heterocycles. The van der Waals surface area contributed by atoms with Crippen molar-refractivity contribution in [3.05, 3.63) is 34.3 Å². The molecule has 1 saturated heterocycles. The summed E-state index contributed by atoms with van der Waals surface area (Å²) in [6.07, 6.45) is 1.06. The lowest BCUT2D eigenvalue weighted by atomic mass is 10.0. The number of hydrogen-bond donors (Lipinski definition) is 1. The maximum atomic E-state index is 12.3. The molecule has 98 valence electrons. The predicted octanol–water partition coefficient (Wildman–Crippen LogP) is 1.81. The lowest BCUT2D eigenvalue weighted by Gasteiger charge is -2.30. The third-order valence-electron chi connectivity index (χ3n) is 3.53. The van der Waals surface area contributed by atoms with Gasteiger partial charge in [0.2, 0.25) is 11.8 Å². The van der Waals surface area contributed by atoms with E-state index in [0.29, 0.717) is 12.8 Å². The van der Waals surface area contributed by atoms with Crippen molar-refractivity contribution in [2.24, 2.45) is 5.41 Å². The van der Waals surface area contributed by atoms with E-state index in [4.69, 9.17) is 0 Å². The molecule has 1 heterocycles. The quantitative estimate of drug-likeness (QED) is 0.844. The number of imide groups is 2. The number of rotatable bonds is 2. The summed E-state index contributed by atoms with van der Waals surface area (Å²) >= 11 is 3.34. The molecular formula is C13H11BrN2O3. The van der Waals surface area contributed by atoms with Gasteiger partial charge in [-0.1, -0.05) is 28.1 Å². The Balaban J connectivity index is 1.86. The van der Waals surface area contributed by atoms with Crippen molar-refractivity contribution in [3.8, 4) is 0 Å². The number of benzene rings is 1. The molecule has 4 amide bonds. The fourth-order valence-electron chi connectivity index (χ4n) is 2.26. The standard InChI is InChI=1S/C13H11BrN2O3/c14-9-3-1-2-8(6-9)7-16-11(18)13(4-5-13)10(17)15-12(16)19/h1-3,6H,4-5,7H2,(H,15,17,19). The van der Waals surface area contributed by atoms with Gasteiger partial charge in [0.05, 0.1) is 6.54 Å². The summed E-state index contributed by atoms with van der Waals surface area (Å²) in [7, 11) is 0. The van der Waals surface area contributed by atoms with Crippen LogP contribution >= 0.6 is 15.9 Å². The summed E-state index contributed by atoms with van der Waals surface area (Å²) in [6.45, 7) is 0.180. The Bertz CT molecular complexity index is 595. The van der Waals surface area contributed by atoms with Crippen molar-refractivity contribution in [1.82, 2.24) is 10.2 Å². The first-order chi connectivity index (χ1) is 9.03. The Morgan fingerprint density at radius 1 is 1.26 bits per heavy atom. The Kier molecular flexibility index (Phi) is 2.70. The summed E-state index contributed by atoms with van der Waals surface area (Å²) in [5.74, 6) is -0.825. The number of nitrogens with one attached hydrogen (secondary N) is 1. The molecule has 0 atom stereocenters. The van der Waals surface area contributed by atoms with Crippen LogP contribution in [0.5, 0.6) is 0 Å². The zero-order chi connectivity index (χ0) is 13.6. The highest BCUT2D eigenvalue weighted by Gasteiger charge is 2.62. The second kappa shape index (κ2) is 4.16. The van der Waals surface area contributed by atoms with Crippen LogP contribution in [-0.2, 0) is 16.1 Å². The minimum atomic E-state index is -0.972. The number of amides is 4. The molecule has 0 radical (unpaired) electrons. The first-order valence-electron chi connectivity index (χ1n) is 5.95. The molecule has 1 saturated carbocycles. The maximum absolute atomic E-state index is 12.3. The van der Waals surface area contributed by atoms with E-state index in [-0.39, 0.29) is 12.5 Å². The van der Waals surface area contributed by atoms with E-state index in [0.717, 1.165) is 14.9 Å². The number of carbonyl (C=O) groups excluding carboxylic acids is 3. The third-order valence-corrected chi connectivity index (χ3v) is 4.03. The van der Waals surface area contributed by atoms with Gasteiger partial charge >= 0.3 is 6.03 Å². The Labute approximate surface area is 118 Å². The average molecular weight is 323 g/mol. The van der Waals surface area contributed by atoms with Gasteiger partial charge in [0.1, 0.15) is 5.41 Å². The van der Waals surface area contributed by atoms with E-state index in [1.54, 1.807) is 0 Å². The zero-order valence-corrected chi connectivity index (χ0v) is 11.6. The highest BCUT2D eigenvalue weighted by atomic mass is 79.9. The van der Waals surface area contributed by atoms with Gasteiger partial charge in [0, 0.05) is 4.47 Å². The lowest BCUT2D eigenvalue weighted by molar-refractivity contribution is -0.145. The molecule has 1 aliphatic carbocycles. The van der Waals surface area contributed by atoms with Gasteiger partial charge in [-0.3, -0.25) is 19.8 Å². The second-order valence-electron chi connectivity index (χ2n) is 4.86. The van der Waals surface area contributed by atoms with Crippen molar-refractivity contribution < 1.29 is 14.4 Å². The van der Waals surface area contributed by atoms with Crippen LogP contribution in [0.15, 0.2) is 28.7 Å². The van der Waals surface area contributed by atoms with Crippen LogP contribution in [0, 0.1) is 5.41 Å². The van der Waals surface area contributed by atoms with Gasteiger partial charge in [0.15, 0.2) is 0 Å². The molecular weight excluding hydrogens is 312 g/mol. The SMILES string of the molecule is O=C1NC(=O)C2(CC2)C(=O)N1Cc1cccc(Br)c1. The van der Waals surface area contributed by atoms with Crippen molar-refractivity contribution >= 4 is 33.8 Å². The number of barbiturate groups is 1. The molecule has 5 nitrogen and oxygen atoms in total. The minimum Gasteiger partial charge on any atom is -0.277 e. The summed E-state index contributed by atoms with van der Waals surface area (Å²) in [6, 6.07) is 6.75. The molecule has 2 aliphatic rings. The van der Waals surface area contributed by atoms with Gasteiger partial charge in [-0.15, -0.1) is 0 Å². The lowest BCUT2D eigenvalue weighted by Crippen LogP contribution is -2.58. The molecule has 2 fully saturated rings. The van der Waals surface area contributed by atoms with Crippen LogP contribution in [0.25, 0.3) is 0 Å². The molecule has 1 N–H and O–H groups in total. The molecule has 0 unspecified atom stereocenters. The summed E-state index contributed by atoms with van der Waals surface area (Å²) in [4.78, 5) is 36.8. The third kappa shape index (κ3) is 1.96. The van der Waals surface area contributed by atoms with Crippen LogP contribution < -0.4 is 5.32 Å². The van der Waals surface area contributed by atoms with Crippen LogP contribution in [0.4, 0.5) is 4.79 Å². The van der Waals surface area contributed by atoms with Crippen LogP contribution in [0.3, 0.4) is 0 Å². The van der Waals surface area contributed by atoms with Crippen molar-refractivity contribution in [1.29, 1.82) is 0 Å². The molecule has 1 aromatic carbocycles.